The molecule has 4 rings (SSSR count). The van der Waals surface area contributed by atoms with Crippen molar-refractivity contribution in [3.05, 3.63) is 91.4 Å². The molecule has 3 aromatic carbocycles. The maximum absolute atomic E-state index is 11.0. The smallest absolute Gasteiger partial charge is 0.284 e. The van der Waals surface area contributed by atoms with Gasteiger partial charge in [0.2, 0.25) is 5.89 Å². The fourth-order valence-electron chi connectivity index (χ4n) is 2.77. The van der Waals surface area contributed by atoms with Crippen LogP contribution < -0.4 is 0 Å². The molecule has 0 unspecified atom stereocenters. The van der Waals surface area contributed by atoms with Gasteiger partial charge in [-0.25, -0.2) is 4.98 Å². The minimum absolute atomic E-state index is 0.0205. The molecule has 0 aliphatic rings. The van der Waals surface area contributed by atoms with Gasteiger partial charge in [-0.2, -0.15) is 0 Å². The van der Waals surface area contributed by atoms with Crippen molar-refractivity contribution in [1.29, 1.82) is 0 Å². The molecule has 4 aromatic rings. The van der Waals surface area contributed by atoms with Gasteiger partial charge in [-0.1, -0.05) is 28.1 Å². The van der Waals surface area contributed by atoms with Crippen molar-refractivity contribution in [3.63, 3.8) is 0 Å². The molecule has 0 aliphatic heterocycles. The molecule has 1 aromatic heterocycles. The third-order valence-corrected chi connectivity index (χ3v) is 5.43. The molecule has 0 N–H and O–H groups in total. The van der Waals surface area contributed by atoms with Gasteiger partial charge in [0, 0.05) is 22.3 Å². The highest BCUT2D eigenvalue weighted by Crippen LogP contribution is 2.28. The predicted molar refractivity (Wildman–Crippen MR) is 125 cm³/mol. The standard InChI is InChI=1S/C22H13Br2N3O3/c23-16-6-4-15(5-7-16)22-26-19-13-17(8-10-21(19)30-22)25-11-1-2-14-3-9-18(24)20(12-14)27(28)29/h1-13H. The van der Waals surface area contributed by atoms with Gasteiger partial charge in [-0.15, -0.1) is 0 Å². The molecule has 0 radical (unpaired) electrons. The van der Waals surface area contributed by atoms with Gasteiger partial charge in [0.1, 0.15) is 5.52 Å². The summed E-state index contributed by atoms with van der Waals surface area (Å²) in [5.74, 6) is 0.551. The number of rotatable bonds is 5. The van der Waals surface area contributed by atoms with Crippen LogP contribution in [0.1, 0.15) is 5.56 Å². The number of hydrogen-bond acceptors (Lipinski definition) is 5. The fourth-order valence-corrected chi connectivity index (χ4v) is 3.42. The summed E-state index contributed by atoms with van der Waals surface area (Å²) in [6.07, 6.45) is 5.11. The van der Waals surface area contributed by atoms with E-state index in [0.717, 1.165) is 21.2 Å². The number of nitro benzene ring substituents is 1. The van der Waals surface area contributed by atoms with Gasteiger partial charge in [-0.3, -0.25) is 15.1 Å². The molecule has 0 saturated carbocycles. The number of halogens is 2. The van der Waals surface area contributed by atoms with Crippen LogP contribution in [-0.4, -0.2) is 16.1 Å². The van der Waals surface area contributed by atoms with E-state index in [-0.39, 0.29) is 5.69 Å². The van der Waals surface area contributed by atoms with Crippen molar-refractivity contribution in [3.8, 4) is 11.5 Å². The SMILES string of the molecule is O=[N+]([O-])c1cc(C=CC=Nc2ccc3oc(-c4ccc(Br)cc4)nc3c2)ccc1Br. The summed E-state index contributed by atoms with van der Waals surface area (Å²) in [6, 6.07) is 18.2. The molecule has 30 heavy (non-hydrogen) atoms. The largest absolute Gasteiger partial charge is 0.436 e. The first-order chi connectivity index (χ1) is 14.5. The number of oxazole rings is 1. The Balaban J connectivity index is 1.52. The lowest BCUT2D eigenvalue weighted by Crippen LogP contribution is -1.89. The van der Waals surface area contributed by atoms with Crippen LogP contribution in [0.3, 0.4) is 0 Å². The monoisotopic (exact) mass is 525 g/mol. The number of fused-ring (bicyclic) bond motifs is 1. The lowest BCUT2D eigenvalue weighted by Gasteiger charge is -1.97. The average molecular weight is 527 g/mol. The van der Waals surface area contributed by atoms with E-state index in [4.69, 9.17) is 4.42 Å². The van der Waals surface area contributed by atoms with Crippen LogP contribution in [0.25, 0.3) is 28.6 Å². The zero-order valence-electron chi connectivity index (χ0n) is 15.3. The molecule has 0 spiro atoms. The Bertz CT molecular complexity index is 1290. The van der Waals surface area contributed by atoms with Gasteiger partial charge in [0.05, 0.1) is 15.1 Å². The minimum Gasteiger partial charge on any atom is -0.436 e. The van der Waals surface area contributed by atoms with Crippen molar-refractivity contribution in [1.82, 2.24) is 4.98 Å². The van der Waals surface area contributed by atoms with Crippen LogP contribution in [0.5, 0.6) is 0 Å². The van der Waals surface area contributed by atoms with Crippen molar-refractivity contribution in [2.45, 2.75) is 0 Å². The number of nitro groups is 1. The Morgan fingerprint density at radius 1 is 1.03 bits per heavy atom. The van der Waals surface area contributed by atoms with Crippen LogP contribution in [0.15, 0.2) is 85.1 Å². The lowest BCUT2D eigenvalue weighted by molar-refractivity contribution is -0.385. The first-order valence-corrected chi connectivity index (χ1v) is 10.4. The second-order valence-electron chi connectivity index (χ2n) is 6.28. The summed E-state index contributed by atoms with van der Waals surface area (Å²) in [6.45, 7) is 0. The maximum Gasteiger partial charge on any atom is 0.284 e. The van der Waals surface area contributed by atoms with Crippen molar-refractivity contribution >= 4 is 66.6 Å². The third kappa shape index (κ3) is 4.55. The molecule has 0 bridgehead atoms. The highest BCUT2D eigenvalue weighted by Gasteiger charge is 2.11. The highest BCUT2D eigenvalue weighted by atomic mass is 79.9. The number of allylic oxidation sites excluding steroid dienone is 1. The van der Waals surface area contributed by atoms with Crippen molar-refractivity contribution in [2.24, 2.45) is 4.99 Å². The second kappa shape index (κ2) is 8.73. The van der Waals surface area contributed by atoms with E-state index in [9.17, 15) is 10.1 Å². The minimum atomic E-state index is -0.425. The summed E-state index contributed by atoms with van der Waals surface area (Å²) in [5, 5.41) is 11.0. The van der Waals surface area contributed by atoms with Crippen molar-refractivity contribution < 1.29 is 9.34 Å². The predicted octanol–water partition coefficient (Wildman–Crippen LogP) is 7.34. The normalized spacial score (nSPS) is 11.7. The summed E-state index contributed by atoms with van der Waals surface area (Å²) < 4.78 is 7.26. The Morgan fingerprint density at radius 3 is 2.60 bits per heavy atom. The molecule has 0 fully saturated rings. The topological polar surface area (TPSA) is 81.5 Å². The second-order valence-corrected chi connectivity index (χ2v) is 8.05. The summed E-state index contributed by atoms with van der Waals surface area (Å²) >= 11 is 6.59. The number of hydrogen-bond donors (Lipinski definition) is 0. The molecule has 8 heteroatoms. The molecule has 0 amide bonds. The van der Waals surface area contributed by atoms with Crippen LogP contribution in [0, 0.1) is 10.1 Å². The first kappa shape index (κ1) is 20.2. The van der Waals surface area contributed by atoms with Crippen LogP contribution in [0.4, 0.5) is 11.4 Å². The Kier molecular flexibility index (Phi) is 5.87. The third-order valence-electron chi connectivity index (χ3n) is 4.23. The van der Waals surface area contributed by atoms with E-state index in [2.05, 4.69) is 41.8 Å². The quantitative estimate of drug-likeness (QED) is 0.155. The molecule has 0 saturated heterocycles. The van der Waals surface area contributed by atoms with E-state index in [0.29, 0.717) is 21.5 Å². The lowest BCUT2D eigenvalue weighted by atomic mass is 10.2. The van der Waals surface area contributed by atoms with Gasteiger partial charge in [-0.05, 0) is 76.1 Å². The number of aromatic nitrogens is 1. The Morgan fingerprint density at radius 2 is 1.83 bits per heavy atom. The maximum atomic E-state index is 11.0. The number of nitrogens with zero attached hydrogens (tertiary/aromatic N) is 3. The summed E-state index contributed by atoms with van der Waals surface area (Å²) in [5.41, 5.74) is 3.75. The highest BCUT2D eigenvalue weighted by molar-refractivity contribution is 9.10. The van der Waals surface area contributed by atoms with Crippen LogP contribution >= 0.6 is 31.9 Å². The Labute approximate surface area is 188 Å². The van der Waals surface area contributed by atoms with Crippen molar-refractivity contribution in [2.75, 3.05) is 0 Å². The fraction of sp³-hybridized carbons (Fsp3) is 0. The summed E-state index contributed by atoms with van der Waals surface area (Å²) in [7, 11) is 0. The average Bonchev–Trinajstić information content (AvgIpc) is 3.16. The van der Waals surface area contributed by atoms with Crippen LogP contribution in [0.2, 0.25) is 0 Å². The van der Waals surface area contributed by atoms with E-state index in [1.54, 1.807) is 30.5 Å². The van der Waals surface area contributed by atoms with Gasteiger partial charge < -0.3 is 4.42 Å². The van der Waals surface area contributed by atoms with E-state index in [1.165, 1.54) is 6.07 Å². The number of aliphatic imine (C=N–C) groups is 1. The van der Waals surface area contributed by atoms with E-state index >= 15 is 0 Å². The summed E-state index contributed by atoms with van der Waals surface area (Å²) in [4.78, 5) is 19.5. The van der Waals surface area contributed by atoms with E-state index < -0.39 is 4.92 Å². The van der Waals surface area contributed by atoms with E-state index in [1.807, 2.05) is 42.5 Å². The molecule has 148 valence electrons. The molecule has 1 heterocycles. The van der Waals surface area contributed by atoms with Gasteiger partial charge in [0.15, 0.2) is 5.58 Å². The zero-order chi connectivity index (χ0) is 21.1. The van der Waals surface area contributed by atoms with Gasteiger partial charge >= 0.3 is 0 Å². The molecular weight excluding hydrogens is 514 g/mol. The first-order valence-electron chi connectivity index (χ1n) is 8.81. The Hall–Kier alpha value is -3.10. The molecular formula is C22H13Br2N3O3. The zero-order valence-corrected chi connectivity index (χ0v) is 18.5. The number of benzene rings is 3. The molecule has 0 atom stereocenters. The van der Waals surface area contributed by atoms with Crippen LogP contribution in [-0.2, 0) is 0 Å². The molecule has 0 aliphatic carbocycles. The van der Waals surface area contributed by atoms with Gasteiger partial charge in [0.25, 0.3) is 5.69 Å². The molecule has 6 nitrogen and oxygen atoms in total.